The number of aryl methyl sites for hydroxylation is 1. The first-order chi connectivity index (χ1) is 14.9. The lowest BCUT2D eigenvalue weighted by Gasteiger charge is -2.10. The van der Waals surface area contributed by atoms with Crippen LogP contribution in [-0.4, -0.2) is 23.3 Å². The fourth-order valence-electron chi connectivity index (χ4n) is 3.04. The molecule has 1 amide bonds. The zero-order valence-corrected chi connectivity index (χ0v) is 18.0. The SMILES string of the molecule is Cc1cccc(Cn2cccc(C(=O)N/N=C\c3ccccc3OCC(C)C)c2=O)c1. The van der Waals surface area contributed by atoms with Gasteiger partial charge in [-0.25, -0.2) is 5.43 Å². The molecule has 0 atom stereocenters. The first-order valence-corrected chi connectivity index (χ1v) is 10.2. The van der Waals surface area contributed by atoms with Crippen molar-refractivity contribution in [2.75, 3.05) is 6.61 Å². The van der Waals surface area contributed by atoms with E-state index >= 15 is 0 Å². The first-order valence-electron chi connectivity index (χ1n) is 10.2. The highest BCUT2D eigenvalue weighted by atomic mass is 16.5. The van der Waals surface area contributed by atoms with Gasteiger partial charge in [0, 0.05) is 11.8 Å². The minimum atomic E-state index is -0.555. The van der Waals surface area contributed by atoms with Gasteiger partial charge in [0.2, 0.25) is 0 Å². The second-order valence-corrected chi connectivity index (χ2v) is 7.79. The topological polar surface area (TPSA) is 72.7 Å². The van der Waals surface area contributed by atoms with E-state index in [1.165, 1.54) is 16.8 Å². The quantitative estimate of drug-likeness (QED) is 0.445. The zero-order valence-electron chi connectivity index (χ0n) is 18.0. The number of hydrogen-bond acceptors (Lipinski definition) is 4. The summed E-state index contributed by atoms with van der Waals surface area (Å²) in [6, 6.07) is 18.6. The predicted molar refractivity (Wildman–Crippen MR) is 123 cm³/mol. The van der Waals surface area contributed by atoms with Gasteiger partial charge >= 0.3 is 0 Å². The molecule has 3 aromatic rings. The number of ether oxygens (including phenoxy) is 1. The van der Waals surface area contributed by atoms with E-state index in [0.29, 0.717) is 24.8 Å². The highest BCUT2D eigenvalue weighted by Gasteiger charge is 2.12. The van der Waals surface area contributed by atoms with E-state index in [-0.39, 0.29) is 11.1 Å². The summed E-state index contributed by atoms with van der Waals surface area (Å²) in [4.78, 5) is 25.3. The third-order valence-corrected chi connectivity index (χ3v) is 4.56. The second-order valence-electron chi connectivity index (χ2n) is 7.79. The van der Waals surface area contributed by atoms with Gasteiger partial charge in [0.15, 0.2) is 0 Å². The largest absolute Gasteiger partial charge is 0.493 e. The molecule has 0 aliphatic heterocycles. The lowest BCUT2D eigenvalue weighted by Crippen LogP contribution is -2.30. The van der Waals surface area contributed by atoms with Gasteiger partial charge in [0.05, 0.1) is 19.4 Å². The van der Waals surface area contributed by atoms with E-state index in [4.69, 9.17) is 4.74 Å². The Morgan fingerprint density at radius 2 is 1.94 bits per heavy atom. The van der Waals surface area contributed by atoms with E-state index in [1.807, 2.05) is 55.5 Å². The smallest absolute Gasteiger partial charge is 0.276 e. The van der Waals surface area contributed by atoms with Gasteiger partial charge in [-0.3, -0.25) is 9.59 Å². The highest BCUT2D eigenvalue weighted by Crippen LogP contribution is 2.16. The Morgan fingerprint density at radius 3 is 2.71 bits per heavy atom. The van der Waals surface area contributed by atoms with Crippen molar-refractivity contribution >= 4 is 12.1 Å². The van der Waals surface area contributed by atoms with Crippen molar-refractivity contribution in [1.82, 2.24) is 9.99 Å². The number of amides is 1. The molecule has 0 aliphatic carbocycles. The molecule has 1 N–H and O–H groups in total. The lowest BCUT2D eigenvalue weighted by atomic mass is 10.1. The van der Waals surface area contributed by atoms with E-state index in [0.717, 1.165) is 16.7 Å². The Kier molecular flexibility index (Phi) is 7.38. The number of carbonyl (C=O) groups is 1. The standard InChI is InChI=1S/C25H27N3O3/c1-18(2)17-31-23-12-5-4-10-21(23)15-26-27-24(29)22-11-7-13-28(25(22)30)16-20-9-6-8-19(3)14-20/h4-15,18H,16-17H2,1-3H3,(H,27,29)/b26-15-. The van der Waals surface area contributed by atoms with Crippen LogP contribution in [0.2, 0.25) is 0 Å². The molecule has 0 saturated carbocycles. The average molecular weight is 418 g/mol. The summed E-state index contributed by atoms with van der Waals surface area (Å²) in [7, 11) is 0. The van der Waals surface area contributed by atoms with Crippen LogP contribution >= 0.6 is 0 Å². The van der Waals surface area contributed by atoms with Crippen LogP contribution in [0.15, 0.2) is 76.8 Å². The van der Waals surface area contributed by atoms with E-state index in [9.17, 15) is 9.59 Å². The van der Waals surface area contributed by atoms with Crippen molar-refractivity contribution < 1.29 is 9.53 Å². The Labute approximate surface area is 182 Å². The van der Waals surface area contributed by atoms with Gasteiger partial charge in [-0.15, -0.1) is 0 Å². The summed E-state index contributed by atoms with van der Waals surface area (Å²) in [5.41, 5.74) is 4.97. The summed E-state index contributed by atoms with van der Waals surface area (Å²) >= 11 is 0. The molecule has 3 rings (SSSR count). The number of nitrogens with zero attached hydrogens (tertiary/aromatic N) is 2. The van der Waals surface area contributed by atoms with E-state index in [1.54, 1.807) is 12.3 Å². The maximum Gasteiger partial charge on any atom is 0.276 e. The molecule has 1 aromatic heterocycles. The normalized spacial score (nSPS) is 11.1. The van der Waals surface area contributed by atoms with Crippen molar-refractivity contribution in [3.8, 4) is 5.75 Å². The number of pyridine rings is 1. The van der Waals surface area contributed by atoms with Crippen LogP contribution < -0.4 is 15.7 Å². The molecule has 2 aromatic carbocycles. The number of rotatable bonds is 8. The van der Waals surface area contributed by atoms with Crippen LogP contribution in [0.25, 0.3) is 0 Å². The molecule has 0 unspecified atom stereocenters. The molecule has 0 radical (unpaired) electrons. The lowest BCUT2D eigenvalue weighted by molar-refractivity contribution is 0.0953. The van der Waals surface area contributed by atoms with Crippen LogP contribution in [0.1, 0.15) is 40.9 Å². The van der Waals surface area contributed by atoms with Gasteiger partial charge in [-0.1, -0.05) is 55.8 Å². The molecule has 0 fully saturated rings. The van der Waals surface area contributed by atoms with Gasteiger partial charge < -0.3 is 9.30 Å². The maximum atomic E-state index is 12.8. The fraction of sp³-hybridized carbons (Fsp3) is 0.240. The highest BCUT2D eigenvalue weighted by molar-refractivity contribution is 5.94. The fourth-order valence-corrected chi connectivity index (χ4v) is 3.04. The third kappa shape index (κ3) is 6.15. The molecule has 160 valence electrons. The summed E-state index contributed by atoms with van der Waals surface area (Å²) in [5, 5.41) is 4.02. The van der Waals surface area contributed by atoms with Gasteiger partial charge in [-0.2, -0.15) is 5.10 Å². The Hall–Kier alpha value is -3.67. The molecule has 31 heavy (non-hydrogen) atoms. The van der Waals surface area contributed by atoms with Crippen molar-refractivity contribution in [2.45, 2.75) is 27.3 Å². The average Bonchev–Trinajstić information content (AvgIpc) is 2.74. The van der Waals surface area contributed by atoms with Gasteiger partial charge in [-0.05, 0) is 42.7 Å². The zero-order chi connectivity index (χ0) is 22.2. The van der Waals surface area contributed by atoms with Crippen LogP contribution in [0.3, 0.4) is 0 Å². The Balaban J connectivity index is 1.71. The number of hydrazone groups is 1. The molecule has 0 aliphatic rings. The molecule has 6 nitrogen and oxygen atoms in total. The number of para-hydroxylation sites is 1. The Bertz CT molecular complexity index is 1130. The minimum absolute atomic E-state index is 0.0386. The third-order valence-electron chi connectivity index (χ3n) is 4.56. The molecule has 0 saturated heterocycles. The van der Waals surface area contributed by atoms with Crippen molar-refractivity contribution in [3.63, 3.8) is 0 Å². The molecular weight excluding hydrogens is 390 g/mol. The molecule has 0 spiro atoms. The van der Waals surface area contributed by atoms with E-state index < -0.39 is 5.91 Å². The number of benzene rings is 2. The van der Waals surface area contributed by atoms with Gasteiger partial charge in [0.25, 0.3) is 11.5 Å². The first kappa shape index (κ1) is 22.0. The number of hydrogen-bond donors (Lipinski definition) is 1. The van der Waals surface area contributed by atoms with Gasteiger partial charge in [0.1, 0.15) is 11.3 Å². The summed E-state index contributed by atoms with van der Waals surface area (Å²) in [6.45, 7) is 7.12. The summed E-state index contributed by atoms with van der Waals surface area (Å²) < 4.78 is 7.30. The maximum absolute atomic E-state index is 12.8. The van der Waals surface area contributed by atoms with Crippen molar-refractivity contribution in [2.24, 2.45) is 11.0 Å². The van der Waals surface area contributed by atoms with Crippen LogP contribution in [0, 0.1) is 12.8 Å². The van der Waals surface area contributed by atoms with Crippen LogP contribution in [0.5, 0.6) is 5.75 Å². The van der Waals surface area contributed by atoms with Crippen LogP contribution in [-0.2, 0) is 6.54 Å². The molecule has 6 heteroatoms. The predicted octanol–water partition coefficient (Wildman–Crippen LogP) is 4.00. The minimum Gasteiger partial charge on any atom is -0.493 e. The Morgan fingerprint density at radius 1 is 1.13 bits per heavy atom. The number of aromatic nitrogens is 1. The second kappa shape index (κ2) is 10.4. The number of carbonyl (C=O) groups excluding carboxylic acids is 1. The molecule has 0 bridgehead atoms. The number of nitrogens with one attached hydrogen (secondary N) is 1. The van der Waals surface area contributed by atoms with Crippen molar-refractivity contribution in [1.29, 1.82) is 0 Å². The summed E-state index contributed by atoms with van der Waals surface area (Å²) in [6.07, 6.45) is 3.19. The van der Waals surface area contributed by atoms with Crippen LogP contribution in [0.4, 0.5) is 0 Å². The monoisotopic (exact) mass is 417 g/mol. The van der Waals surface area contributed by atoms with E-state index in [2.05, 4.69) is 24.4 Å². The summed E-state index contributed by atoms with van der Waals surface area (Å²) in [5.74, 6) is 0.527. The van der Waals surface area contributed by atoms with Crippen molar-refractivity contribution in [3.05, 3.63) is 99.5 Å². The molecule has 1 heterocycles. The molecular formula is C25H27N3O3.